The number of benzene rings is 1. The molecule has 0 aromatic heterocycles. The summed E-state index contributed by atoms with van der Waals surface area (Å²) in [7, 11) is 3.56. The first-order valence-corrected chi connectivity index (χ1v) is 6.24. The summed E-state index contributed by atoms with van der Waals surface area (Å²) in [6.45, 7) is 3.27. The predicted octanol–water partition coefficient (Wildman–Crippen LogP) is 2.13. The van der Waals surface area contributed by atoms with Gasteiger partial charge in [0.1, 0.15) is 6.10 Å². The molecular formula is C14H20N2O2. The molecule has 1 saturated heterocycles. The summed E-state index contributed by atoms with van der Waals surface area (Å²) >= 11 is 0. The molecule has 1 fully saturated rings. The van der Waals surface area contributed by atoms with Gasteiger partial charge in [-0.2, -0.15) is 0 Å². The number of morpholine rings is 1. The second-order valence-electron chi connectivity index (χ2n) is 4.93. The minimum atomic E-state index is -0.0288. The van der Waals surface area contributed by atoms with Crippen LogP contribution < -0.4 is 0 Å². The average molecular weight is 248 g/mol. The quantitative estimate of drug-likeness (QED) is 0.762. The molecule has 0 N–H and O–H groups in total. The molecule has 2 amide bonds. The standard InChI is InChI=1S/C14H20N2O2/c1-11-9-16(14(17)15(2)3)10-13(18-11)12-7-5-4-6-8-12/h4-8,11,13H,9-10H2,1-3H3. The Bertz CT molecular complexity index is 406. The number of carbonyl (C=O) groups is 1. The van der Waals surface area contributed by atoms with E-state index in [-0.39, 0.29) is 18.2 Å². The summed E-state index contributed by atoms with van der Waals surface area (Å²) < 4.78 is 5.92. The van der Waals surface area contributed by atoms with E-state index in [1.807, 2.05) is 42.2 Å². The summed E-state index contributed by atoms with van der Waals surface area (Å²) in [5, 5.41) is 0. The van der Waals surface area contributed by atoms with Gasteiger partial charge in [-0.25, -0.2) is 4.79 Å². The fraction of sp³-hybridized carbons (Fsp3) is 0.500. The highest BCUT2D eigenvalue weighted by Crippen LogP contribution is 2.25. The summed E-state index contributed by atoms with van der Waals surface area (Å²) in [6.07, 6.45) is 0.0340. The van der Waals surface area contributed by atoms with Crippen molar-refractivity contribution >= 4 is 6.03 Å². The largest absolute Gasteiger partial charge is 0.367 e. The number of rotatable bonds is 1. The Morgan fingerprint density at radius 3 is 2.56 bits per heavy atom. The van der Waals surface area contributed by atoms with Crippen molar-refractivity contribution < 1.29 is 9.53 Å². The lowest BCUT2D eigenvalue weighted by Gasteiger charge is -2.38. The molecule has 0 aliphatic carbocycles. The van der Waals surface area contributed by atoms with Gasteiger partial charge in [0.05, 0.1) is 12.6 Å². The molecule has 1 heterocycles. The maximum Gasteiger partial charge on any atom is 0.319 e. The molecule has 1 aromatic carbocycles. The summed E-state index contributed by atoms with van der Waals surface area (Å²) in [5.74, 6) is 0. The van der Waals surface area contributed by atoms with Crippen molar-refractivity contribution in [1.29, 1.82) is 0 Å². The van der Waals surface area contributed by atoms with Crippen LogP contribution in [0.4, 0.5) is 4.79 Å². The van der Waals surface area contributed by atoms with Crippen molar-refractivity contribution in [2.75, 3.05) is 27.2 Å². The van der Waals surface area contributed by atoms with Gasteiger partial charge >= 0.3 is 6.03 Å². The molecule has 4 heteroatoms. The number of nitrogens with zero attached hydrogens (tertiary/aromatic N) is 2. The molecule has 2 rings (SSSR count). The van der Waals surface area contributed by atoms with Gasteiger partial charge in [0.15, 0.2) is 0 Å². The summed E-state index contributed by atoms with van der Waals surface area (Å²) in [5.41, 5.74) is 1.13. The molecule has 98 valence electrons. The van der Waals surface area contributed by atoms with E-state index >= 15 is 0 Å². The van der Waals surface area contributed by atoms with E-state index in [0.717, 1.165) is 5.56 Å². The van der Waals surface area contributed by atoms with Crippen molar-refractivity contribution in [3.63, 3.8) is 0 Å². The Balaban J connectivity index is 2.12. The van der Waals surface area contributed by atoms with Gasteiger partial charge in [-0.3, -0.25) is 0 Å². The van der Waals surface area contributed by atoms with Gasteiger partial charge in [0, 0.05) is 20.6 Å². The molecule has 4 nitrogen and oxygen atoms in total. The number of amides is 2. The molecule has 0 saturated carbocycles. The lowest BCUT2D eigenvalue weighted by molar-refractivity contribution is -0.0680. The zero-order valence-corrected chi connectivity index (χ0v) is 11.2. The monoisotopic (exact) mass is 248 g/mol. The van der Waals surface area contributed by atoms with Crippen molar-refractivity contribution in [3.8, 4) is 0 Å². The Labute approximate surface area is 108 Å². The number of ether oxygens (including phenoxy) is 1. The predicted molar refractivity (Wildman–Crippen MR) is 70.4 cm³/mol. The lowest BCUT2D eigenvalue weighted by Crippen LogP contribution is -2.49. The van der Waals surface area contributed by atoms with Gasteiger partial charge in [-0.1, -0.05) is 30.3 Å². The van der Waals surface area contributed by atoms with Crippen molar-refractivity contribution in [3.05, 3.63) is 35.9 Å². The zero-order chi connectivity index (χ0) is 13.1. The van der Waals surface area contributed by atoms with Crippen molar-refractivity contribution in [1.82, 2.24) is 9.80 Å². The third-order valence-corrected chi connectivity index (χ3v) is 3.08. The summed E-state index contributed by atoms with van der Waals surface area (Å²) in [4.78, 5) is 15.5. The van der Waals surface area contributed by atoms with Crippen LogP contribution in [0.3, 0.4) is 0 Å². The lowest BCUT2D eigenvalue weighted by atomic mass is 10.1. The van der Waals surface area contributed by atoms with Crippen LogP contribution in [0.1, 0.15) is 18.6 Å². The van der Waals surface area contributed by atoms with Crippen LogP contribution in [0.25, 0.3) is 0 Å². The van der Waals surface area contributed by atoms with Crippen LogP contribution in [0, 0.1) is 0 Å². The van der Waals surface area contributed by atoms with E-state index in [1.165, 1.54) is 0 Å². The van der Waals surface area contributed by atoms with Gasteiger partial charge in [0.25, 0.3) is 0 Å². The Morgan fingerprint density at radius 2 is 1.94 bits per heavy atom. The van der Waals surface area contributed by atoms with Gasteiger partial charge in [-0.15, -0.1) is 0 Å². The van der Waals surface area contributed by atoms with E-state index < -0.39 is 0 Å². The fourth-order valence-corrected chi connectivity index (χ4v) is 2.24. The van der Waals surface area contributed by atoms with E-state index in [2.05, 4.69) is 0 Å². The molecule has 0 radical (unpaired) electrons. The SMILES string of the molecule is CC1CN(C(=O)N(C)C)CC(c2ccccc2)O1. The van der Waals surface area contributed by atoms with Gasteiger partial charge in [-0.05, 0) is 12.5 Å². The van der Waals surface area contributed by atoms with Crippen molar-refractivity contribution in [2.45, 2.75) is 19.1 Å². The van der Waals surface area contributed by atoms with Crippen LogP contribution in [-0.4, -0.2) is 49.1 Å². The first-order valence-electron chi connectivity index (χ1n) is 6.24. The van der Waals surface area contributed by atoms with E-state index in [0.29, 0.717) is 13.1 Å². The molecule has 0 spiro atoms. The number of hydrogen-bond donors (Lipinski definition) is 0. The fourth-order valence-electron chi connectivity index (χ4n) is 2.24. The second-order valence-corrected chi connectivity index (χ2v) is 4.93. The normalized spacial score (nSPS) is 23.8. The van der Waals surface area contributed by atoms with Gasteiger partial charge in [0.2, 0.25) is 0 Å². The Hall–Kier alpha value is -1.55. The molecular weight excluding hydrogens is 228 g/mol. The number of hydrogen-bond acceptors (Lipinski definition) is 2. The Morgan fingerprint density at radius 1 is 1.28 bits per heavy atom. The van der Waals surface area contributed by atoms with E-state index in [9.17, 15) is 4.79 Å². The van der Waals surface area contributed by atoms with Gasteiger partial charge < -0.3 is 14.5 Å². The number of urea groups is 1. The molecule has 2 atom stereocenters. The van der Waals surface area contributed by atoms with Crippen molar-refractivity contribution in [2.24, 2.45) is 0 Å². The average Bonchev–Trinajstić information content (AvgIpc) is 2.38. The highest BCUT2D eigenvalue weighted by molar-refractivity contribution is 5.74. The molecule has 1 aliphatic rings. The highest BCUT2D eigenvalue weighted by atomic mass is 16.5. The molecule has 1 aromatic rings. The number of carbonyl (C=O) groups excluding carboxylic acids is 1. The first kappa shape index (κ1) is 12.9. The first-order chi connectivity index (χ1) is 8.58. The van der Waals surface area contributed by atoms with E-state index in [1.54, 1.807) is 19.0 Å². The topological polar surface area (TPSA) is 32.8 Å². The maximum atomic E-state index is 12.0. The summed E-state index contributed by atoms with van der Waals surface area (Å²) in [6, 6.07) is 10.1. The highest BCUT2D eigenvalue weighted by Gasteiger charge is 2.29. The molecule has 18 heavy (non-hydrogen) atoms. The van der Waals surface area contributed by atoms with Crippen LogP contribution in [0.2, 0.25) is 0 Å². The minimum absolute atomic E-state index is 0.0288. The zero-order valence-electron chi connectivity index (χ0n) is 11.2. The van der Waals surface area contributed by atoms with Crippen LogP contribution >= 0.6 is 0 Å². The van der Waals surface area contributed by atoms with Crippen LogP contribution in [0.15, 0.2) is 30.3 Å². The third kappa shape index (κ3) is 2.82. The van der Waals surface area contributed by atoms with E-state index in [4.69, 9.17) is 4.74 Å². The maximum absolute atomic E-state index is 12.0. The molecule has 1 aliphatic heterocycles. The van der Waals surface area contributed by atoms with Crippen LogP contribution in [0.5, 0.6) is 0 Å². The van der Waals surface area contributed by atoms with Crippen LogP contribution in [-0.2, 0) is 4.74 Å². The smallest absolute Gasteiger partial charge is 0.319 e. The molecule has 2 unspecified atom stereocenters. The molecule has 0 bridgehead atoms. The second kappa shape index (κ2) is 5.40. The third-order valence-electron chi connectivity index (χ3n) is 3.08. The Kier molecular flexibility index (Phi) is 3.87. The minimum Gasteiger partial charge on any atom is -0.367 e.